The maximum atomic E-state index is 12.3. The number of rotatable bonds is 2. The Balaban J connectivity index is 1.85. The average Bonchev–Trinajstić information content (AvgIpc) is 2.98. The van der Waals surface area contributed by atoms with Gasteiger partial charge in [-0.05, 0) is 42.3 Å². The van der Waals surface area contributed by atoms with E-state index in [1.807, 2.05) is 12.1 Å². The number of anilines is 1. The quantitative estimate of drug-likeness (QED) is 0.815. The third-order valence-electron chi connectivity index (χ3n) is 5.49. The number of amides is 1. The fourth-order valence-corrected chi connectivity index (χ4v) is 4.53. The Morgan fingerprint density at radius 1 is 1.20 bits per heavy atom. The van der Waals surface area contributed by atoms with Crippen LogP contribution >= 0.6 is 15.9 Å². The molecule has 0 spiro atoms. The minimum Gasteiger partial charge on any atom is -0.335 e. The average molecular weight is 397 g/mol. The van der Waals surface area contributed by atoms with Gasteiger partial charge >= 0.3 is 0 Å². The third kappa shape index (κ3) is 2.35. The van der Waals surface area contributed by atoms with Gasteiger partial charge in [-0.25, -0.2) is 0 Å². The van der Waals surface area contributed by atoms with Gasteiger partial charge in [-0.1, -0.05) is 65.7 Å². The lowest BCUT2D eigenvalue weighted by molar-refractivity contribution is -0.118. The van der Waals surface area contributed by atoms with Gasteiger partial charge in [0.15, 0.2) is 0 Å². The van der Waals surface area contributed by atoms with Crippen molar-refractivity contribution in [2.24, 2.45) is 0 Å². The second kappa shape index (κ2) is 5.46. The summed E-state index contributed by atoms with van der Waals surface area (Å²) in [4.78, 5) is 14.5. The van der Waals surface area contributed by atoms with Crippen molar-refractivity contribution in [1.29, 1.82) is 0 Å². The number of aryl methyl sites for hydroxylation is 1. The van der Waals surface area contributed by atoms with E-state index in [4.69, 9.17) is 0 Å². The van der Waals surface area contributed by atoms with E-state index in [0.717, 1.165) is 15.7 Å². The van der Waals surface area contributed by atoms with Gasteiger partial charge in [0.25, 0.3) is 0 Å². The lowest BCUT2D eigenvalue weighted by atomic mass is 9.75. The van der Waals surface area contributed by atoms with Crippen LogP contribution in [0, 0.1) is 6.92 Å². The lowest BCUT2D eigenvalue weighted by Gasteiger charge is -2.40. The summed E-state index contributed by atoms with van der Waals surface area (Å²) in [6.45, 7) is 6.93. The molecule has 1 atom stereocenters. The molecule has 1 fully saturated rings. The van der Waals surface area contributed by atoms with E-state index in [2.05, 4.69) is 89.4 Å². The van der Waals surface area contributed by atoms with Crippen LogP contribution in [0.4, 0.5) is 5.69 Å². The fourth-order valence-electron chi connectivity index (χ4n) is 4.11. The van der Waals surface area contributed by atoms with Crippen LogP contribution in [0.25, 0.3) is 6.08 Å². The topological polar surface area (TPSA) is 32.3 Å². The molecule has 2 aliphatic rings. The molecule has 2 aliphatic heterocycles. The largest absolute Gasteiger partial charge is 0.335 e. The fraction of sp³-hybridized carbons (Fsp3) is 0.286. The molecule has 1 saturated heterocycles. The molecule has 0 saturated carbocycles. The highest BCUT2D eigenvalue weighted by atomic mass is 79.9. The van der Waals surface area contributed by atoms with E-state index in [1.54, 1.807) is 0 Å². The minimum absolute atomic E-state index is 0.0678. The Bertz CT molecular complexity index is 903. The van der Waals surface area contributed by atoms with Crippen LogP contribution in [0.1, 0.15) is 30.5 Å². The van der Waals surface area contributed by atoms with Crippen LogP contribution in [-0.2, 0) is 10.2 Å². The summed E-state index contributed by atoms with van der Waals surface area (Å²) >= 11 is 3.52. The van der Waals surface area contributed by atoms with Crippen molar-refractivity contribution in [1.82, 2.24) is 5.32 Å². The van der Waals surface area contributed by atoms with E-state index in [1.165, 1.54) is 11.1 Å². The highest BCUT2D eigenvalue weighted by molar-refractivity contribution is 9.10. The summed E-state index contributed by atoms with van der Waals surface area (Å²) in [5.74, 6) is 0.0678. The number of hydrogen-bond acceptors (Lipinski definition) is 2. The number of carbonyl (C=O) groups is 1. The first kappa shape index (κ1) is 16.4. The van der Waals surface area contributed by atoms with Gasteiger partial charge in [-0.3, -0.25) is 4.79 Å². The molecule has 2 aromatic rings. The minimum atomic E-state index is -0.539. The monoisotopic (exact) mass is 396 g/mol. The second-order valence-corrected chi connectivity index (χ2v) is 8.35. The Morgan fingerprint density at radius 3 is 2.76 bits per heavy atom. The van der Waals surface area contributed by atoms with E-state index in [0.29, 0.717) is 6.54 Å². The van der Waals surface area contributed by atoms with E-state index < -0.39 is 5.66 Å². The van der Waals surface area contributed by atoms with Crippen LogP contribution in [0.3, 0.4) is 0 Å². The normalized spacial score (nSPS) is 23.7. The van der Waals surface area contributed by atoms with Crippen LogP contribution in [0.2, 0.25) is 0 Å². The number of benzene rings is 2. The number of nitrogens with one attached hydrogen (secondary N) is 1. The second-order valence-electron chi connectivity index (χ2n) is 7.43. The number of halogens is 1. The van der Waals surface area contributed by atoms with Crippen LogP contribution in [-0.4, -0.2) is 18.1 Å². The molecule has 3 nitrogen and oxygen atoms in total. The van der Waals surface area contributed by atoms with Crippen LogP contribution in [0.15, 0.2) is 53.0 Å². The first-order valence-electron chi connectivity index (χ1n) is 8.48. The molecular weight excluding hydrogens is 376 g/mol. The van der Waals surface area contributed by atoms with Gasteiger partial charge < -0.3 is 10.2 Å². The van der Waals surface area contributed by atoms with Crippen LogP contribution < -0.4 is 10.2 Å². The number of hydrogen-bond donors (Lipinski definition) is 1. The SMILES string of the molecule is Cc1ccc2c(c1)C(C)(C)[C@]1(C=Cc3cccc(Br)c3)NC(=O)CN21. The van der Waals surface area contributed by atoms with Gasteiger partial charge in [-0.2, -0.15) is 0 Å². The van der Waals surface area contributed by atoms with Crippen molar-refractivity contribution < 1.29 is 4.79 Å². The summed E-state index contributed by atoms with van der Waals surface area (Å²) in [5.41, 5.74) is 4.00. The van der Waals surface area contributed by atoms with Crippen molar-refractivity contribution in [3.63, 3.8) is 0 Å². The molecule has 1 N–H and O–H groups in total. The zero-order chi connectivity index (χ0) is 17.8. The van der Waals surface area contributed by atoms with Crippen molar-refractivity contribution in [2.75, 3.05) is 11.4 Å². The highest BCUT2D eigenvalue weighted by Gasteiger charge is 2.59. The number of carbonyl (C=O) groups excluding carboxylic acids is 1. The van der Waals surface area contributed by atoms with Gasteiger partial charge in [0.05, 0.1) is 6.54 Å². The molecule has 2 heterocycles. The summed E-state index contributed by atoms with van der Waals surface area (Å²) in [6, 6.07) is 14.7. The van der Waals surface area contributed by atoms with E-state index in [9.17, 15) is 4.79 Å². The molecule has 2 aromatic carbocycles. The Hall–Kier alpha value is -2.07. The number of fused-ring (bicyclic) bond motifs is 3. The maximum absolute atomic E-state index is 12.3. The zero-order valence-electron chi connectivity index (χ0n) is 14.6. The highest BCUT2D eigenvalue weighted by Crippen LogP contribution is 2.53. The Morgan fingerprint density at radius 2 is 2.00 bits per heavy atom. The molecule has 0 aromatic heterocycles. The summed E-state index contributed by atoms with van der Waals surface area (Å²) in [5, 5.41) is 3.26. The smallest absolute Gasteiger partial charge is 0.241 e. The van der Waals surface area contributed by atoms with E-state index >= 15 is 0 Å². The maximum Gasteiger partial charge on any atom is 0.241 e. The number of nitrogens with zero attached hydrogens (tertiary/aromatic N) is 1. The first-order valence-corrected chi connectivity index (χ1v) is 9.27. The van der Waals surface area contributed by atoms with Gasteiger partial charge in [0.2, 0.25) is 5.91 Å². The molecule has 0 aliphatic carbocycles. The summed E-state index contributed by atoms with van der Waals surface area (Å²) in [6.07, 6.45) is 4.25. The summed E-state index contributed by atoms with van der Waals surface area (Å²) in [7, 11) is 0. The predicted molar refractivity (Wildman–Crippen MR) is 106 cm³/mol. The van der Waals surface area contributed by atoms with Gasteiger partial charge in [0, 0.05) is 15.6 Å². The van der Waals surface area contributed by atoms with Gasteiger partial charge in [-0.15, -0.1) is 0 Å². The lowest BCUT2D eigenvalue weighted by Crippen LogP contribution is -2.58. The standard InChI is InChI=1S/C21H21BrN2O/c1-14-7-8-18-17(11-14)20(2,3)21(23-19(25)13-24(18)21)10-9-15-5-4-6-16(22)12-15/h4-12H,13H2,1-3H3,(H,23,25)/t21-/m1/s1. The molecule has 0 unspecified atom stereocenters. The molecule has 128 valence electrons. The Kier molecular flexibility index (Phi) is 3.58. The molecule has 1 amide bonds. The first-order chi connectivity index (χ1) is 11.8. The molecule has 4 rings (SSSR count). The van der Waals surface area contributed by atoms with E-state index in [-0.39, 0.29) is 11.3 Å². The molecule has 25 heavy (non-hydrogen) atoms. The van der Waals surface area contributed by atoms with Crippen molar-refractivity contribution in [3.8, 4) is 0 Å². The van der Waals surface area contributed by atoms with Crippen molar-refractivity contribution in [2.45, 2.75) is 31.8 Å². The molecule has 0 radical (unpaired) electrons. The van der Waals surface area contributed by atoms with Crippen molar-refractivity contribution >= 4 is 33.6 Å². The van der Waals surface area contributed by atoms with Gasteiger partial charge in [0.1, 0.15) is 5.66 Å². The zero-order valence-corrected chi connectivity index (χ0v) is 16.2. The van der Waals surface area contributed by atoms with Crippen molar-refractivity contribution in [3.05, 3.63) is 69.7 Å². The molecule has 0 bridgehead atoms. The summed E-state index contributed by atoms with van der Waals surface area (Å²) < 4.78 is 1.05. The molecular formula is C21H21BrN2O. The third-order valence-corrected chi connectivity index (χ3v) is 5.99. The molecule has 4 heteroatoms. The predicted octanol–water partition coefficient (Wildman–Crippen LogP) is 4.39. The Labute approximate surface area is 156 Å². The van der Waals surface area contributed by atoms with Crippen LogP contribution in [0.5, 0.6) is 0 Å².